The van der Waals surface area contributed by atoms with Crippen LogP contribution in [0.1, 0.15) is 34.2 Å². The summed E-state index contributed by atoms with van der Waals surface area (Å²) in [4.78, 5) is 30.4. The number of aryl methyl sites for hydroxylation is 2. The molecular weight excluding hydrogens is 396 g/mol. The van der Waals surface area contributed by atoms with Crippen molar-refractivity contribution in [3.05, 3.63) is 62.2 Å². The number of aromatic nitrogens is 2. The van der Waals surface area contributed by atoms with Crippen molar-refractivity contribution in [1.82, 2.24) is 9.55 Å². The van der Waals surface area contributed by atoms with E-state index in [1.165, 1.54) is 11.7 Å². The molecule has 7 nitrogen and oxygen atoms in total. The molecule has 0 aliphatic heterocycles. The van der Waals surface area contributed by atoms with E-state index in [4.69, 9.17) is 21.1 Å². The van der Waals surface area contributed by atoms with Crippen molar-refractivity contribution in [2.75, 3.05) is 13.7 Å². The topological polar surface area (TPSA) is 90.7 Å². The Labute approximate surface area is 172 Å². The van der Waals surface area contributed by atoms with Gasteiger partial charge in [-0.3, -0.25) is 9.36 Å². The number of aliphatic hydroxyl groups excluding tert-OH is 1. The molecule has 0 atom stereocenters. The number of nitrogens with zero attached hydrogens (tertiary/aromatic N) is 2. The molecule has 1 heterocycles. The molecule has 29 heavy (non-hydrogen) atoms. The number of hydrogen-bond acceptors (Lipinski definition) is 6. The predicted molar refractivity (Wildman–Crippen MR) is 110 cm³/mol. The quantitative estimate of drug-likeness (QED) is 0.641. The molecule has 1 N–H and O–H groups in total. The van der Waals surface area contributed by atoms with E-state index in [0.717, 1.165) is 0 Å². The summed E-state index contributed by atoms with van der Waals surface area (Å²) in [6, 6.07) is 6.50. The first kappa shape index (κ1) is 20.8. The molecule has 0 saturated heterocycles. The predicted octanol–water partition coefficient (Wildman–Crippen LogP) is 3.33. The summed E-state index contributed by atoms with van der Waals surface area (Å²) in [5.74, 6) is 0.120. The fourth-order valence-corrected chi connectivity index (χ4v) is 3.60. The maximum Gasteiger partial charge on any atom is 0.338 e. The second-order valence-corrected chi connectivity index (χ2v) is 6.86. The van der Waals surface area contributed by atoms with Crippen molar-refractivity contribution in [1.29, 1.82) is 0 Å². The Morgan fingerprint density at radius 1 is 1.28 bits per heavy atom. The summed E-state index contributed by atoms with van der Waals surface area (Å²) in [6.07, 6.45) is 0. The van der Waals surface area contributed by atoms with Crippen LogP contribution in [0, 0.1) is 13.8 Å². The Morgan fingerprint density at radius 2 is 2.00 bits per heavy atom. The third-order valence-corrected chi connectivity index (χ3v) is 5.01. The number of hydrogen-bond donors (Lipinski definition) is 1. The molecule has 8 heteroatoms. The second-order valence-electron chi connectivity index (χ2n) is 6.45. The third-order valence-electron chi connectivity index (χ3n) is 4.69. The second kappa shape index (κ2) is 8.23. The molecule has 2 aromatic carbocycles. The summed E-state index contributed by atoms with van der Waals surface area (Å²) in [6.45, 7) is 4.90. The lowest BCUT2D eigenvalue weighted by Gasteiger charge is -2.17. The van der Waals surface area contributed by atoms with E-state index in [9.17, 15) is 14.7 Å². The molecule has 0 spiro atoms. The minimum absolute atomic E-state index is 0.125. The summed E-state index contributed by atoms with van der Waals surface area (Å²) >= 11 is 6.33. The highest BCUT2D eigenvalue weighted by Gasteiger charge is 2.22. The summed E-state index contributed by atoms with van der Waals surface area (Å²) in [5, 5.41) is 10.4. The van der Waals surface area contributed by atoms with Crippen LogP contribution in [0.2, 0.25) is 5.02 Å². The van der Waals surface area contributed by atoms with Gasteiger partial charge in [-0.25, -0.2) is 9.78 Å². The van der Waals surface area contributed by atoms with Crippen LogP contribution in [0.3, 0.4) is 0 Å². The van der Waals surface area contributed by atoms with E-state index in [1.54, 1.807) is 45.0 Å². The van der Waals surface area contributed by atoms with Gasteiger partial charge in [0.25, 0.3) is 5.56 Å². The standard InChI is InChI=1S/C21H21ClN2O5/c1-5-29-21(27)18-11(2)8-15-19(12(18)3)20(26)24(17(10-25)23-15)16-9-13(28-4)6-7-14(16)22/h6-9,25H,5,10H2,1-4H3. The highest BCUT2D eigenvalue weighted by atomic mass is 35.5. The van der Waals surface area contributed by atoms with E-state index in [-0.39, 0.29) is 17.8 Å². The van der Waals surface area contributed by atoms with Crippen LogP contribution in [0.25, 0.3) is 16.6 Å². The molecule has 3 aromatic rings. The lowest BCUT2D eigenvalue weighted by Crippen LogP contribution is -2.26. The summed E-state index contributed by atoms with van der Waals surface area (Å²) < 4.78 is 11.6. The Morgan fingerprint density at radius 3 is 2.62 bits per heavy atom. The van der Waals surface area contributed by atoms with Crippen LogP contribution < -0.4 is 10.3 Å². The Balaban J connectivity index is 2.42. The number of esters is 1. The van der Waals surface area contributed by atoms with Crippen molar-refractivity contribution in [3.8, 4) is 11.4 Å². The number of rotatable bonds is 5. The van der Waals surface area contributed by atoms with Gasteiger partial charge in [0.1, 0.15) is 18.2 Å². The zero-order valence-corrected chi connectivity index (χ0v) is 17.3. The molecule has 0 saturated carbocycles. The zero-order valence-electron chi connectivity index (χ0n) is 16.6. The maximum absolute atomic E-state index is 13.5. The van der Waals surface area contributed by atoms with Gasteiger partial charge in [-0.15, -0.1) is 0 Å². The molecule has 0 bridgehead atoms. The first-order valence-corrected chi connectivity index (χ1v) is 9.39. The summed E-state index contributed by atoms with van der Waals surface area (Å²) in [5.41, 5.74) is 1.70. The van der Waals surface area contributed by atoms with E-state index in [0.29, 0.717) is 38.7 Å². The first-order valence-electron chi connectivity index (χ1n) is 9.01. The lowest BCUT2D eigenvalue weighted by atomic mass is 9.98. The maximum atomic E-state index is 13.5. The van der Waals surface area contributed by atoms with Gasteiger partial charge in [-0.1, -0.05) is 11.6 Å². The van der Waals surface area contributed by atoms with Gasteiger partial charge >= 0.3 is 5.97 Å². The van der Waals surface area contributed by atoms with Gasteiger partial charge in [0, 0.05) is 6.07 Å². The van der Waals surface area contributed by atoms with Crippen molar-refractivity contribution < 1.29 is 19.4 Å². The fraction of sp³-hybridized carbons (Fsp3) is 0.286. The van der Waals surface area contributed by atoms with Crippen molar-refractivity contribution in [2.24, 2.45) is 0 Å². The number of benzene rings is 2. The monoisotopic (exact) mass is 416 g/mol. The Bertz CT molecular complexity index is 1170. The molecule has 0 amide bonds. The molecule has 0 aliphatic rings. The minimum atomic E-state index is -0.499. The van der Waals surface area contributed by atoms with E-state index < -0.39 is 18.1 Å². The van der Waals surface area contributed by atoms with Crippen LogP contribution in [0.15, 0.2) is 29.1 Å². The number of ether oxygens (including phenoxy) is 2. The third kappa shape index (κ3) is 3.59. The smallest absolute Gasteiger partial charge is 0.338 e. The van der Waals surface area contributed by atoms with Gasteiger partial charge in [0.05, 0.1) is 40.9 Å². The average molecular weight is 417 g/mol. The minimum Gasteiger partial charge on any atom is -0.497 e. The number of aliphatic hydroxyl groups is 1. The number of halogens is 1. The van der Waals surface area contributed by atoms with Crippen LogP contribution in [0.4, 0.5) is 0 Å². The normalized spacial score (nSPS) is 11.0. The zero-order chi connectivity index (χ0) is 21.3. The number of fused-ring (bicyclic) bond motifs is 1. The lowest BCUT2D eigenvalue weighted by molar-refractivity contribution is 0.0525. The van der Waals surface area contributed by atoms with Crippen molar-refractivity contribution >= 4 is 28.5 Å². The molecular formula is C21H21ClN2O5. The highest BCUT2D eigenvalue weighted by molar-refractivity contribution is 6.32. The van der Waals surface area contributed by atoms with Gasteiger partial charge in [0.15, 0.2) is 0 Å². The van der Waals surface area contributed by atoms with Gasteiger partial charge in [-0.05, 0) is 50.1 Å². The van der Waals surface area contributed by atoms with Gasteiger partial charge in [0.2, 0.25) is 0 Å². The summed E-state index contributed by atoms with van der Waals surface area (Å²) in [7, 11) is 1.50. The van der Waals surface area contributed by atoms with E-state index in [2.05, 4.69) is 4.98 Å². The molecule has 0 fully saturated rings. The number of methoxy groups -OCH3 is 1. The van der Waals surface area contributed by atoms with Crippen molar-refractivity contribution in [2.45, 2.75) is 27.4 Å². The fourth-order valence-electron chi connectivity index (χ4n) is 3.40. The van der Waals surface area contributed by atoms with Gasteiger partial charge < -0.3 is 14.6 Å². The van der Waals surface area contributed by atoms with Crippen LogP contribution in [0.5, 0.6) is 5.75 Å². The SMILES string of the molecule is CCOC(=O)c1c(C)cc2nc(CO)n(-c3cc(OC)ccc3Cl)c(=O)c2c1C. The van der Waals surface area contributed by atoms with E-state index >= 15 is 0 Å². The number of carbonyl (C=O) groups is 1. The van der Waals surface area contributed by atoms with Crippen LogP contribution in [-0.2, 0) is 11.3 Å². The van der Waals surface area contributed by atoms with Crippen molar-refractivity contribution in [3.63, 3.8) is 0 Å². The Kier molecular flexibility index (Phi) is 5.91. The highest BCUT2D eigenvalue weighted by Crippen LogP contribution is 2.28. The Hall–Kier alpha value is -2.90. The van der Waals surface area contributed by atoms with E-state index in [1.807, 2.05) is 0 Å². The average Bonchev–Trinajstić information content (AvgIpc) is 2.68. The molecule has 152 valence electrons. The molecule has 3 rings (SSSR count). The molecule has 0 unspecified atom stereocenters. The first-order chi connectivity index (χ1) is 13.8. The molecule has 0 radical (unpaired) electrons. The number of carbonyl (C=O) groups excluding carboxylic acids is 1. The molecule has 0 aliphatic carbocycles. The largest absolute Gasteiger partial charge is 0.497 e. The van der Waals surface area contributed by atoms with Crippen LogP contribution >= 0.6 is 11.6 Å². The molecule has 1 aromatic heterocycles. The van der Waals surface area contributed by atoms with Crippen LogP contribution in [-0.4, -0.2) is 34.3 Å². The van der Waals surface area contributed by atoms with Gasteiger partial charge in [-0.2, -0.15) is 0 Å².